The first-order valence-electron chi connectivity index (χ1n) is 7.73. The van der Waals surface area contributed by atoms with Crippen LogP contribution in [0.25, 0.3) is 6.08 Å². The van der Waals surface area contributed by atoms with E-state index in [-0.39, 0.29) is 11.7 Å². The molecule has 0 aromatic heterocycles. The number of amides is 1. The Morgan fingerprint density at radius 2 is 2.00 bits per heavy atom. The molecule has 0 radical (unpaired) electrons. The number of hydrogen-bond donors (Lipinski definition) is 1. The van der Waals surface area contributed by atoms with Crippen molar-refractivity contribution >= 4 is 44.7 Å². The van der Waals surface area contributed by atoms with Gasteiger partial charge in [0.05, 0.1) is 16.0 Å². The molecule has 25 heavy (non-hydrogen) atoms. The van der Waals surface area contributed by atoms with Gasteiger partial charge < -0.3 is 9.84 Å². The van der Waals surface area contributed by atoms with Crippen LogP contribution in [0, 0.1) is 6.92 Å². The number of thioether (sulfide) groups is 1. The number of rotatable bonds is 4. The van der Waals surface area contributed by atoms with Gasteiger partial charge in [-0.05, 0) is 53.5 Å². The number of benzene rings is 2. The van der Waals surface area contributed by atoms with Gasteiger partial charge in [-0.3, -0.25) is 4.79 Å². The molecule has 0 spiro atoms. The molecule has 0 saturated heterocycles. The van der Waals surface area contributed by atoms with Crippen molar-refractivity contribution in [2.75, 3.05) is 6.61 Å². The van der Waals surface area contributed by atoms with Crippen LogP contribution in [0.1, 0.15) is 23.6 Å². The first-order chi connectivity index (χ1) is 12.0. The fraction of sp³-hybridized carbons (Fsp3) is 0.158. The first-order valence-corrected chi connectivity index (χ1v) is 9.33. The number of halogens is 1. The third-order valence-electron chi connectivity index (χ3n) is 3.57. The highest BCUT2D eigenvalue weighted by molar-refractivity contribution is 9.10. The van der Waals surface area contributed by atoms with Crippen molar-refractivity contribution in [1.29, 1.82) is 0 Å². The van der Waals surface area contributed by atoms with Gasteiger partial charge in [-0.25, -0.2) is 4.99 Å². The van der Waals surface area contributed by atoms with Crippen LogP contribution in [0.3, 0.4) is 0 Å². The van der Waals surface area contributed by atoms with Gasteiger partial charge in [0, 0.05) is 5.56 Å². The van der Waals surface area contributed by atoms with E-state index in [4.69, 9.17) is 4.74 Å². The number of aliphatic imine (C=N–C) groups is 1. The van der Waals surface area contributed by atoms with E-state index in [2.05, 4.69) is 20.9 Å². The van der Waals surface area contributed by atoms with E-state index in [0.717, 1.165) is 16.7 Å². The Bertz CT molecular complexity index is 888. The van der Waals surface area contributed by atoms with Crippen molar-refractivity contribution in [3.05, 3.63) is 62.5 Å². The van der Waals surface area contributed by atoms with Crippen LogP contribution >= 0.6 is 27.7 Å². The molecule has 1 N–H and O–H groups in total. The van der Waals surface area contributed by atoms with Crippen molar-refractivity contribution in [2.24, 2.45) is 4.99 Å². The topological polar surface area (TPSA) is 58.9 Å². The molecule has 1 heterocycles. The second kappa shape index (κ2) is 7.45. The molecule has 1 amide bonds. The molecule has 0 unspecified atom stereocenters. The Labute approximate surface area is 158 Å². The summed E-state index contributed by atoms with van der Waals surface area (Å²) in [5, 5.41) is 10.7. The zero-order chi connectivity index (χ0) is 18.0. The fourth-order valence-corrected chi connectivity index (χ4v) is 3.70. The van der Waals surface area contributed by atoms with Gasteiger partial charge in [-0.1, -0.05) is 41.6 Å². The van der Waals surface area contributed by atoms with E-state index in [1.807, 2.05) is 38.1 Å². The lowest BCUT2D eigenvalue weighted by atomic mass is 10.2. The second-order valence-electron chi connectivity index (χ2n) is 5.48. The number of carbonyl (C=O) groups is 1. The van der Waals surface area contributed by atoms with Gasteiger partial charge in [0.15, 0.2) is 11.5 Å². The second-order valence-corrected chi connectivity index (χ2v) is 7.37. The Kier molecular flexibility index (Phi) is 5.30. The number of hydrogen-bond acceptors (Lipinski definition) is 4. The summed E-state index contributed by atoms with van der Waals surface area (Å²) in [6.07, 6.45) is 1.75. The Morgan fingerprint density at radius 1 is 1.28 bits per heavy atom. The molecule has 2 aromatic rings. The molecule has 128 valence electrons. The van der Waals surface area contributed by atoms with Crippen molar-refractivity contribution < 1.29 is 14.6 Å². The highest BCUT2D eigenvalue weighted by atomic mass is 79.9. The minimum absolute atomic E-state index is 0.0472. The van der Waals surface area contributed by atoms with Gasteiger partial charge >= 0.3 is 0 Å². The van der Waals surface area contributed by atoms with Crippen molar-refractivity contribution in [3.8, 4) is 11.5 Å². The molecule has 4 nitrogen and oxygen atoms in total. The standard InChI is InChI=1S/C19H16BrNO3S/c1-3-24-15-9-12(8-14(20)17(15)22)10-16-18(23)21-19(25-16)13-6-4-11(2)5-7-13/h4-10,22H,3H2,1-2H3/b16-10+. The van der Waals surface area contributed by atoms with E-state index in [0.29, 0.717) is 26.8 Å². The number of nitrogens with zero attached hydrogens (tertiary/aromatic N) is 1. The normalized spacial score (nSPS) is 15.6. The molecule has 0 atom stereocenters. The van der Waals surface area contributed by atoms with Gasteiger partial charge in [0.25, 0.3) is 5.91 Å². The van der Waals surface area contributed by atoms with Crippen LogP contribution in [-0.2, 0) is 4.79 Å². The smallest absolute Gasteiger partial charge is 0.284 e. The SMILES string of the molecule is CCOc1cc(/C=C2/SC(c3ccc(C)cc3)=NC2=O)cc(Br)c1O. The minimum atomic E-state index is -0.261. The lowest BCUT2D eigenvalue weighted by molar-refractivity contribution is -0.113. The van der Waals surface area contributed by atoms with Crippen molar-refractivity contribution in [2.45, 2.75) is 13.8 Å². The lowest BCUT2D eigenvalue weighted by Crippen LogP contribution is -1.93. The van der Waals surface area contributed by atoms with Gasteiger partial charge in [0.1, 0.15) is 5.04 Å². The zero-order valence-electron chi connectivity index (χ0n) is 13.7. The fourth-order valence-electron chi connectivity index (χ4n) is 2.32. The minimum Gasteiger partial charge on any atom is -0.503 e. The quantitative estimate of drug-likeness (QED) is 0.716. The van der Waals surface area contributed by atoms with Crippen LogP contribution in [-0.4, -0.2) is 22.7 Å². The van der Waals surface area contributed by atoms with E-state index < -0.39 is 0 Å². The lowest BCUT2D eigenvalue weighted by Gasteiger charge is -2.08. The summed E-state index contributed by atoms with van der Waals surface area (Å²) in [6, 6.07) is 11.4. The maximum atomic E-state index is 12.2. The Balaban J connectivity index is 1.88. The van der Waals surface area contributed by atoms with E-state index in [1.54, 1.807) is 18.2 Å². The molecule has 1 aliphatic rings. The molecule has 6 heteroatoms. The molecule has 0 fully saturated rings. The van der Waals surface area contributed by atoms with Gasteiger partial charge in [-0.15, -0.1) is 0 Å². The monoisotopic (exact) mass is 417 g/mol. The van der Waals surface area contributed by atoms with Crippen LogP contribution in [0.5, 0.6) is 11.5 Å². The molecule has 0 saturated carbocycles. The zero-order valence-corrected chi connectivity index (χ0v) is 16.1. The van der Waals surface area contributed by atoms with E-state index in [9.17, 15) is 9.90 Å². The first kappa shape index (κ1) is 17.8. The summed E-state index contributed by atoms with van der Waals surface area (Å²) in [5.74, 6) is 0.160. The van der Waals surface area contributed by atoms with Gasteiger partial charge in [0.2, 0.25) is 0 Å². The molecule has 1 aliphatic heterocycles. The highest BCUT2D eigenvalue weighted by Crippen LogP contribution is 2.38. The van der Waals surface area contributed by atoms with Gasteiger partial charge in [-0.2, -0.15) is 0 Å². The summed E-state index contributed by atoms with van der Waals surface area (Å²) >= 11 is 4.65. The predicted octanol–water partition coefficient (Wildman–Crippen LogP) is 4.92. The van der Waals surface area contributed by atoms with Crippen LogP contribution in [0.2, 0.25) is 0 Å². The number of phenolic OH excluding ortho intramolecular Hbond substituents is 1. The van der Waals surface area contributed by atoms with Crippen LogP contribution in [0.4, 0.5) is 0 Å². The molecular formula is C19H16BrNO3S. The average molecular weight is 418 g/mol. The third-order valence-corrected chi connectivity index (χ3v) is 5.20. The summed E-state index contributed by atoms with van der Waals surface area (Å²) in [4.78, 5) is 16.9. The predicted molar refractivity (Wildman–Crippen MR) is 105 cm³/mol. The summed E-state index contributed by atoms with van der Waals surface area (Å²) in [6.45, 7) is 4.30. The maximum absolute atomic E-state index is 12.2. The molecule has 0 bridgehead atoms. The Hall–Kier alpha value is -2.05. The van der Waals surface area contributed by atoms with E-state index >= 15 is 0 Å². The summed E-state index contributed by atoms with van der Waals surface area (Å²) < 4.78 is 5.94. The largest absolute Gasteiger partial charge is 0.503 e. The van der Waals surface area contributed by atoms with E-state index in [1.165, 1.54) is 11.8 Å². The summed E-state index contributed by atoms with van der Waals surface area (Å²) in [7, 11) is 0. The van der Waals surface area contributed by atoms with Crippen molar-refractivity contribution in [3.63, 3.8) is 0 Å². The number of aryl methyl sites for hydroxylation is 1. The number of phenols is 1. The van der Waals surface area contributed by atoms with Crippen LogP contribution in [0.15, 0.2) is 50.8 Å². The maximum Gasteiger partial charge on any atom is 0.284 e. The molecular weight excluding hydrogens is 402 g/mol. The molecule has 0 aliphatic carbocycles. The van der Waals surface area contributed by atoms with Crippen molar-refractivity contribution in [1.82, 2.24) is 0 Å². The van der Waals surface area contributed by atoms with Crippen LogP contribution < -0.4 is 4.74 Å². The number of aromatic hydroxyl groups is 1. The summed E-state index contributed by atoms with van der Waals surface area (Å²) in [5.41, 5.74) is 2.84. The third kappa shape index (κ3) is 3.96. The molecule has 2 aromatic carbocycles. The Morgan fingerprint density at radius 3 is 2.68 bits per heavy atom. The number of ether oxygens (including phenoxy) is 1. The highest BCUT2D eigenvalue weighted by Gasteiger charge is 2.23. The number of carbonyl (C=O) groups excluding carboxylic acids is 1. The molecule has 3 rings (SSSR count). The average Bonchev–Trinajstić information content (AvgIpc) is 2.94.